The summed E-state index contributed by atoms with van der Waals surface area (Å²) in [6.45, 7) is 5.87. The Kier molecular flexibility index (Phi) is 8.91. The molecule has 3 aromatic carbocycles. The maximum atomic E-state index is 13.5. The van der Waals surface area contributed by atoms with Crippen LogP contribution in [0, 0.1) is 0 Å². The van der Waals surface area contributed by atoms with E-state index in [1.54, 1.807) is 36.4 Å². The first-order valence-electron chi connectivity index (χ1n) is 11.4. The second-order valence-corrected chi connectivity index (χ2v) is 11.0. The van der Waals surface area contributed by atoms with Crippen molar-refractivity contribution in [2.45, 2.75) is 50.8 Å². The molecule has 0 radical (unpaired) electrons. The van der Waals surface area contributed by atoms with Gasteiger partial charge in [-0.3, -0.25) is 4.79 Å². The van der Waals surface area contributed by atoms with Crippen molar-refractivity contribution in [2.75, 3.05) is 10.9 Å². The number of sulfonamides is 1. The third kappa shape index (κ3) is 6.27. The van der Waals surface area contributed by atoms with Crippen LogP contribution in [0.1, 0.15) is 50.7 Å². The molecule has 0 saturated heterocycles. The minimum Gasteiger partial charge on any atom is -0.483 e. The van der Waals surface area contributed by atoms with Crippen molar-refractivity contribution in [1.29, 1.82) is 0 Å². The minimum absolute atomic E-state index is 0.0425. The van der Waals surface area contributed by atoms with Crippen LogP contribution in [-0.2, 0) is 21.2 Å². The number of unbranched alkanes of at least 4 members (excludes halogenated alkanes) is 1. The molecule has 0 aliphatic rings. The molecule has 0 atom stereocenters. The Morgan fingerprint density at radius 2 is 1.68 bits per heavy atom. The standard InChI is InChI=1S/C27H30BrNO4S/c1-4-5-9-21-12-15-23(16-13-21)29(34(31,32)24-10-7-6-8-11-24)27(30)19-33-26-17-14-22(20(2)3)18-25(26)28/h6-8,10-18,20H,4-5,9,19H2,1-3H3. The highest BCUT2D eigenvalue weighted by atomic mass is 79.9. The molecular formula is C27H30BrNO4S. The number of benzene rings is 3. The van der Waals surface area contributed by atoms with Gasteiger partial charge >= 0.3 is 0 Å². The molecule has 7 heteroatoms. The van der Waals surface area contributed by atoms with Crippen LogP contribution in [0.3, 0.4) is 0 Å². The Labute approximate surface area is 210 Å². The van der Waals surface area contributed by atoms with Gasteiger partial charge in [0, 0.05) is 0 Å². The van der Waals surface area contributed by atoms with Crippen LogP contribution >= 0.6 is 15.9 Å². The van der Waals surface area contributed by atoms with Crippen molar-refractivity contribution in [3.8, 4) is 5.75 Å². The lowest BCUT2D eigenvalue weighted by atomic mass is 10.0. The van der Waals surface area contributed by atoms with Gasteiger partial charge in [-0.15, -0.1) is 0 Å². The predicted molar refractivity (Wildman–Crippen MR) is 140 cm³/mol. The van der Waals surface area contributed by atoms with Gasteiger partial charge in [0.15, 0.2) is 6.61 Å². The number of carbonyl (C=O) groups excluding carboxylic acids is 1. The van der Waals surface area contributed by atoms with Crippen molar-refractivity contribution < 1.29 is 17.9 Å². The Bertz CT molecular complexity index is 1210. The highest BCUT2D eigenvalue weighted by molar-refractivity contribution is 9.10. The van der Waals surface area contributed by atoms with Gasteiger partial charge in [-0.05, 0) is 82.2 Å². The first-order chi connectivity index (χ1) is 16.2. The zero-order valence-corrected chi connectivity index (χ0v) is 22.1. The number of hydrogen-bond donors (Lipinski definition) is 0. The zero-order chi connectivity index (χ0) is 24.7. The molecule has 0 bridgehead atoms. The molecular weight excluding hydrogens is 514 g/mol. The van der Waals surface area contributed by atoms with Gasteiger partial charge in [-0.2, -0.15) is 4.31 Å². The van der Waals surface area contributed by atoms with Crippen LogP contribution in [0.4, 0.5) is 5.69 Å². The number of aryl methyl sites for hydroxylation is 1. The molecule has 1 amide bonds. The highest BCUT2D eigenvalue weighted by Gasteiger charge is 2.31. The lowest BCUT2D eigenvalue weighted by Gasteiger charge is -2.23. The number of ether oxygens (including phenoxy) is 1. The molecule has 3 aromatic rings. The summed E-state index contributed by atoms with van der Waals surface area (Å²) in [5.41, 5.74) is 2.51. The predicted octanol–water partition coefficient (Wildman–Crippen LogP) is 6.72. The Morgan fingerprint density at radius 3 is 2.26 bits per heavy atom. The minimum atomic E-state index is -4.12. The summed E-state index contributed by atoms with van der Waals surface area (Å²) in [5, 5.41) is 0. The van der Waals surface area contributed by atoms with Crippen LogP contribution in [-0.4, -0.2) is 20.9 Å². The van der Waals surface area contributed by atoms with Gasteiger partial charge in [0.05, 0.1) is 15.1 Å². The lowest BCUT2D eigenvalue weighted by molar-refractivity contribution is -0.119. The van der Waals surface area contributed by atoms with E-state index in [1.807, 2.05) is 24.3 Å². The van der Waals surface area contributed by atoms with Crippen LogP contribution in [0.25, 0.3) is 0 Å². The third-order valence-corrected chi connectivity index (χ3v) is 7.85. The SMILES string of the molecule is CCCCc1ccc(N(C(=O)COc2ccc(C(C)C)cc2Br)S(=O)(=O)c2ccccc2)cc1. The first-order valence-corrected chi connectivity index (χ1v) is 13.6. The molecule has 0 aliphatic carbocycles. The summed E-state index contributed by atoms with van der Waals surface area (Å²) in [6, 6.07) is 20.7. The second-order valence-electron chi connectivity index (χ2n) is 8.38. The number of halogens is 1. The summed E-state index contributed by atoms with van der Waals surface area (Å²) in [4.78, 5) is 13.3. The fourth-order valence-corrected chi connectivity index (χ4v) is 5.43. The maximum absolute atomic E-state index is 13.5. The van der Waals surface area contributed by atoms with E-state index in [0.29, 0.717) is 16.1 Å². The summed E-state index contributed by atoms with van der Waals surface area (Å²) < 4.78 is 34.2. The van der Waals surface area contributed by atoms with Crippen molar-refractivity contribution in [2.24, 2.45) is 0 Å². The maximum Gasteiger partial charge on any atom is 0.278 e. The van der Waals surface area contributed by atoms with Gasteiger partial charge < -0.3 is 4.74 Å². The van der Waals surface area contributed by atoms with Crippen molar-refractivity contribution in [3.63, 3.8) is 0 Å². The number of carbonyl (C=O) groups is 1. The lowest BCUT2D eigenvalue weighted by Crippen LogP contribution is -2.40. The summed E-state index contributed by atoms with van der Waals surface area (Å²) >= 11 is 3.48. The second kappa shape index (κ2) is 11.7. The number of rotatable bonds is 10. The van der Waals surface area contributed by atoms with E-state index in [4.69, 9.17) is 4.74 Å². The zero-order valence-electron chi connectivity index (χ0n) is 19.7. The smallest absolute Gasteiger partial charge is 0.278 e. The van der Waals surface area contributed by atoms with Crippen molar-refractivity contribution in [3.05, 3.63) is 88.4 Å². The molecule has 0 N–H and O–H groups in total. The molecule has 34 heavy (non-hydrogen) atoms. The molecule has 3 rings (SSSR count). The fraction of sp³-hybridized carbons (Fsp3) is 0.296. The monoisotopic (exact) mass is 543 g/mol. The first kappa shape index (κ1) is 26.0. The Morgan fingerprint density at radius 1 is 1.00 bits per heavy atom. The van der Waals surface area contributed by atoms with E-state index in [0.717, 1.165) is 34.7 Å². The fourth-order valence-electron chi connectivity index (χ4n) is 3.48. The number of amides is 1. The molecule has 0 fully saturated rings. The van der Waals surface area contributed by atoms with E-state index in [2.05, 4.69) is 36.7 Å². The molecule has 0 spiro atoms. The van der Waals surface area contributed by atoms with Crippen LogP contribution in [0.5, 0.6) is 5.75 Å². The largest absolute Gasteiger partial charge is 0.483 e. The van der Waals surface area contributed by atoms with E-state index >= 15 is 0 Å². The summed E-state index contributed by atoms with van der Waals surface area (Å²) in [6.07, 6.45) is 3.02. The third-order valence-electron chi connectivity index (χ3n) is 5.47. The van der Waals surface area contributed by atoms with E-state index < -0.39 is 22.5 Å². The van der Waals surface area contributed by atoms with Crippen molar-refractivity contribution in [1.82, 2.24) is 0 Å². The molecule has 0 aromatic heterocycles. The van der Waals surface area contributed by atoms with Gasteiger partial charge in [0.2, 0.25) is 0 Å². The molecule has 5 nitrogen and oxygen atoms in total. The molecule has 0 unspecified atom stereocenters. The molecule has 180 valence electrons. The quantitative estimate of drug-likeness (QED) is 0.285. The van der Waals surface area contributed by atoms with E-state index in [1.165, 1.54) is 12.1 Å². The highest BCUT2D eigenvalue weighted by Crippen LogP contribution is 2.30. The number of hydrogen-bond acceptors (Lipinski definition) is 4. The number of anilines is 1. The molecule has 0 saturated carbocycles. The van der Waals surface area contributed by atoms with E-state index in [-0.39, 0.29) is 10.6 Å². The van der Waals surface area contributed by atoms with Gasteiger partial charge in [0.25, 0.3) is 15.9 Å². The average Bonchev–Trinajstić information content (AvgIpc) is 2.83. The van der Waals surface area contributed by atoms with E-state index in [9.17, 15) is 13.2 Å². The van der Waals surface area contributed by atoms with Crippen LogP contribution < -0.4 is 9.04 Å². The van der Waals surface area contributed by atoms with Crippen LogP contribution in [0.15, 0.2) is 82.2 Å². The number of nitrogens with zero attached hydrogens (tertiary/aromatic N) is 1. The molecule has 0 aliphatic heterocycles. The normalized spacial score (nSPS) is 11.4. The summed E-state index contributed by atoms with van der Waals surface area (Å²) in [7, 11) is -4.12. The van der Waals surface area contributed by atoms with Crippen LogP contribution in [0.2, 0.25) is 0 Å². The Hall–Kier alpha value is -2.64. The molecule has 0 heterocycles. The van der Waals surface area contributed by atoms with Crippen molar-refractivity contribution >= 4 is 37.5 Å². The average molecular weight is 545 g/mol. The topological polar surface area (TPSA) is 63.7 Å². The Balaban J connectivity index is 1.90. The summed E-state index contributed by atoms with van der Waals surface area (Å²) in [5.74, 6) is 0.147. The van der Waals surface area contributed by atoms with Gasteiger partial charge in [0.1, 0.15) is 5.75 Å². The van der Waals surface area contributed by atoms with Gasteiger partial charge in [-0.25, -0.2) is 8.42 Å². The van der Waals surface area contributed by atoms with Gasteiger partial charge in [-0.1, -0.05) is 63.6 Å².